The van der Waals surface area contributed by atoms with Gasteiger partial charge in [0.2, 0.25) is 0 Å². The molecule has 314 valence electrons. The topological polar surface area (TPSA) is 210 Å². The van der Waals surface area contributed by atoms with Crippen molar-refractivity contribution in [3.8, 4) is 0 Å². The molecule has 0 aromatic heterocycles. The van der Waals surface area contributed by atoms with Crippen LogP contribution in [0.15, 0.2) is 0 Å². The molecule has 0 spiro atoms. The van der Waals surface area contributed by atoms with E-state index in [0.717, 1.165) is 0 Å². The third-order valence-electron chi connectivity index (χ3n) is 6.35. The molecule has 19 heteroatoms. The molecule has 0 unspecified atom stereocenters. The zero-order valence-corrected chi connectivity index (χ0v) is 31.9. The van der Waals surface area contributed by atoms with Crippen LogP contribution in [0.2, 0.25) is 0 Å². The molecule has 0 fully saturated rings. The Morgan fingerprint density at radius 3 is 0.811 bits per heavy atom. The van der Waals surface area contributed by atoms with Crippen molar-refractivity contribution < 1.29 is 90.5 Å². The van der Waals surface area contributed by atoms with E-state index >= 15 is 0 Å². The first-order chi connectivity index (χ1) is 25.9. The second kappa shape index (κ2) is 39.6. The van der Waals surface area contributed by atoms with Gasteiger partial charge in [-0.15, -0.1) is 0 Å². The number of rotatable bonds is 42. The van der Waals surface area contributed by atoms with Gasteiger partial charge in [0.05, 0.1) is 158 Å². The Labute approximate surface area is 313 Å². The molecule has 0 aromatic carbocycles. The first-order valence-electron chi connectivity index (χ1n) is 17.7. The summed E-state index contributed by atoms with van der Waals surface area (Å²) in [6.45, 7) is 5.14. The largest absolute Gasteiger partial charge is 0.463 e. The second-order valence-electron chi connectivity index (χ2n) is 10.9. The van der Waals surface area contributed by atoms with Gasteiger partial charge in [0.15, 0.2) is 0 Å². The summed E-state index contributed by atoms with van der Waals surface area (Å²) >= 11 is 0. The molecule has 0 bridgehead atoms. The lowest BCUT2D eigenvalue weighted by Crippen LogP contribution is -2.45. The van der Waals surface area contributed by atoms with Gasteiger partial charge in [0.25, 0.3) is 0 Å². The average molecular weight is 777 g/mol. The van der Waals surface area contributed by atoms with Crippen molar-refractivity contribution in [3.05, 3.63) is 0 Å². The molecule has 0 aliphatic heterocycles. The Morgan fingerprint density at radius 1 is 0.340 bits per heavy atom. The van der Waals surface area contributed by atoms with Gasteiger partial charge in [-0.2, -0.15) is 0 Å². The lowest BCUT2D eigenvalue weighted by molar-refractivity contribution is -0.154. The highest BCUT2D eigenvalue weighted by Gasteiger charge is 2.29. The Balaban J connectivity index is 4.41. The van der Waals surface area contributed by atoms with Crippen LogP contribution in [-0.2, 0) is 85.4 Å². The predicted molar refractivity (Wildman–Crippen MR) is 185 cm³/mol. The summed E-state index contributed by atoms with van der Waals surface area (Å²) in [5.74, 6) is -1.50. The minimum Gasteiger partial charge on any atom is -0.463 e. The lowest BCUT2D eigenvalue weighted by atomic mass is 10.1. The molecule has 0 saturated heterocycles. The minimum absolute atomic E-state index is 0.0449. The quantitative estimate of drug-likeness (QED) is 0.0475. The Kier molecular flexibility index (Phi) is 38.0. The van der Waals surface area contributed by atoms with Crippen LogP contribution in [-0.4, -0.2) is 209 Å². The number of aliphatic hydroxyl groups is 1. The molecule has 0 amide bonds. The molecular formula is C34H64O19. The van der Waals surface area contributed by atoms with E-state index in [1.54, 1.807) is 21.3 Å². The first kappa shape index (κ1) is 50.9. The maximum atomic E-state index is 12.0. The van der Waals surface area contributed by atoms with Crippen LogP contribution in [0.25, 0.3) is 0 Å². The Bertz CT molecular complexity index is 731. The maximum Gasteiger partial charge on any atom is 0.308 e. The summed E-state index contributed by atoms with van der Waals surface area (Å²) in [5, 5.41) is 11.2. The van der Waals surface area contributed by atoms with Crippen molar-refractivity contribution in [2.24, 2.45) is 0 Å². The van der Waals surface area contributed by atoms with E-state index in [9.17, 15) is 19.5 Å². The first-order valence-corrected chi connectivity index (χ1v) is 17.7. The summed E-state index contributed by atoms with van der Waals surface area (Å²) < 4.78 is 78.4. The molecule has 0 saturated carbocycles. The van der Waals surface area contributed by atoms with E-state index in [4.69, 9.17) is 71.1 Å². The molecular weight excluding hydrogens is 712 g/mol. The second-order valence-corrected chi connectivity index (χ2v) is 10.9. The SMILES string of the molecule is COCCOCCOCCOC(=O)CCOCC(O)(COCCC(=O)OCCOCCOCCOC)COCCC(=O)OCCOCCOCCOC. The molecule has 0 heterocycles. The van der Waals surface area contributed by atoms with E-state index in [1.165, 1.54) is 0 Å². The van der Waals surface area contributed by atoms with Crippen molar-refractivity contribution in [1.82, 2.24) is 0 Å². The highest BCUT2D eigenvalue weighted by atomic mass is 16.6. The number of methoxy groups -OCH3 is 3. The number of ether oxygens (including phenoxy) is 15. The summed E-state index contributed by atoms with van der Waals surface area (Å²) in [6.07, 6.45) is -0.194. The highest BCUT2D eigenvalue weighted by molar-refractivity contribution is 5.70. The van der Waals surface area contributed by atoms with Gasteiger partial charge in [-0.05, 0) is 0 Å². The van der Waals surface area contributed by atoms with E-state index in [-0.39, 0.29) is 98.5 Å². The van der Waals surface area contributed by atoms with E-state index in [0.29, 0.717) is 79.3 Å². The normalized spacial score (nSPS) is 11.5. The zero-order chi connectivity index (χ0) is 38.9. The van der Waals surface area contributed by atoms with Crippen LogP contribution in [0.1, 0.15) is 19.3 Å². The maximum absolute atomic E-state index is 12.0. The fourth-order valence-corrected chi connectivity index (χ4v) is 3.63. The molecule has 0 rings (SSSR count). The van der Waals surface area contributed by atoms with E-state index in [2.05, 4.69) is 0 Å². The van der Waals surface area contributed by atoms with Crippen molar-refractivity contribution >= 4 is 17.9 Å². The third-order valence-corrected chi connectivity index (χ3v) is 6.35. The fourth-order valence-electron chi connectivity index (χ4n) is 3.63. The van der Waals surface area contributed by atoms with E-state index in [1.807, 2.05) is 0 Å². The molecule has 0 radical (unpaired) electrons. The summed E-state index contributed by atoms with van der Waals surface area (Å²) in [5.41, 5.74) is -1.66. The van der Waals surface area contributed by atoms with Gasteiger partial charge in [0.1, 0.15) is 25.4 Å². The van der Waals surface area contributed by atoms with Gasteiger partial charge < -0.3 is 76.2 Å². The van der Waals surface area contributed by atoms with Gasteiger partial charge in [-0.3, -0.25) is 14.4 Å². The van der Waals surface area contributed by atoms with Crippen molar-refractivity contribution in [2.45, 2.75) is 24.9 Å². The minimum atomic E-state index is -1.66. The van der Waals surface area contributed by atoms with Crippen LogP contribution >= 0.6 is 0 Å². The number of hydrogen-bond donors (Lipinski definition) is 1. The fraction of sp³-hybridized carbons (Fsp3) is 0.912. The molecule has 53 heavy (non-hydrogen) atoms. The molecule has 0 aliphatic rings. The highest BCUT2D eigenvalue weighted by Crippen LogP contribution is 2.10. The van der Waals surface area contributed by atoms with Crippen LogP contribution in [0.3, 0.4) is 0 Å². The summed E-state index contributed by atoms with van der Waals surface area (Å²) in [4.78, 5) is 36.1. The van der Waals surface area contributed by atoms with Gasteiger partial charge >= 0.3 is 17.9 Å². The molecule has 1 N–H and O–H groups in total. The van der Waals surface area contributed by atoms with Crippen molar-refractivity contribution in [1.29, 1.82) is 0 Å². The number of hydrogen-bond acceptors (Lipinski definition) is 19. The van der Waals surface area contributed by atoms with E-state index < -0.39 is 23.5 Å². The zero-order valence-electron chi connectivity index (χ0n) is 31.9. The number of carbonyl (C=O) groups is 3. The predicted octanol–water partition coefficient (Wildman–Crippen LogP) is -0.394. The molecule has 19 nitrogen and oxygen atoms in total. The summed E-state index contributed by atoms with van der Waals surface area (Å²) in [7, 11) is 4.77. The molecule has 0 aromatic rings. The Morgan fingerprint density at radius 2 is 0.566 bits per heavy atom. The van der Waals surface area contributed by atoms with Gasteiger partial charge in [0, 0.05) is 21.3 Å². The van der Waals surface area contributed by atoms with Crippen molar-refractivity contribution in [2.75, 3.05) is 180 Å². The van der Waals surface area contributed by atoms with Crippen LogP contribution < -0.4 is 0 Å². The molecule has 0 aliphatic carbocycles. The monoisotopic (exact) mass is 776 g/mol. The van der Waals surface area contributed by atoms with Gasteiger partial charge in [-0.25, -0.2) is 0 Å². The average Bonchev–Trinajstić information content (AvgIpc) is 3.15. The smallest absolute Gasteiger partial charge is 0.308 e. The number of carbonyl (C=O) groups excluding carboxylic acids is 3. The summed E-state index contributed by atoms with van der Waals surface area (Å²) in [6, 6.07) is 0. The van der Waals surface area contributed by atoms with Crippen LogP contribution in [0, 0.1) is 0 Å². The third kappa shape index (κ3) is 38.0. The lowest BCUT2D eigenvalue weighted by Gasteiger charge is -2.27. The van der Waals surface area contributed by atoms with Gasteiger partial charge in [-0.1, -0.05) is 0 Å². The van der Waals surface area contributed by atoms with Crippen molar-refractivity contribution in [3.63, 3.8) is 0 Å². The standard InChI is InChI=1S/C34H64O19/c1-39-10-13-42-16-19-45-22-25-51-31(35)4-7-48-28-34(38,29-49-8-5-32(36)52-26-23-46-20-17-43-14-11-40-2)30-50-9-6-33(37)53-27-24-47-21-18-44-15-12-41-3/h38H,4-30H2,1-3H3. The molecule has 0 atom stereocenters. The Hall–Kier alpha value is -2.11. The number of esters is 3. The van der Waals surface area contributed by atoms with Crippen LogP contribution in [0.4, 0.5) is 0 Å². The van der Waals surface area contributed by atoms with Crippen LogP contribution in [0.5, 0.6) is 0 Å².